The second-order valence-corrected chi connectivity index (χ2v) is 2.62. The second kappa shape index (κ2) is 3.25. The number of H-pyrrole nitrogens is 1. The van der Waals surface area contributed by atoms with Crippen molar-refractivity contribution in [2.45, 2.75) is 0 Å². The van der Waals surface area contributed by atoms with E-state index in [0.29, 0.717) is 11.5 Å². The van der Waals surface area contributed by atoms with E-state index in [1.54, 1.807) is 18.3 Å². The first-order valence-electron chi connectivity index (χ1n) is 3.91. The summed E-state index contributed by atoms with van der Waals surface area (Å²) in [4.78, 5) is 22.7. The lowest BCUT2D eigenvalue weighted by molar-refractivity contribution is 0.0455. The summed E-state index contributed by atoms with van der Waals surface area (Å²) in [7, 11) is 0. The Hall–Kier alpha value is -2.24. The minimum atomic E-state index is -0.493. The molecule has 0 aliphatic carbocycles. The van der Waals surface area contributed by atoms with Crippen LogP contribution in [0.4, 0.5) is 5.82 Å². The monoisotopic (exact) mass is 192 g/mol. The number of anilines is 1. The maximum atomic E-state index is 11.3. The molecule has 0 radical (unpaired) electrons. The Kier molecular flexibility index (Phi) is 1.94. The normalized spacial score (nSPS) is 10.0. The molecule has 0 saturated carbocycles. The van der Waals surface area contributed by atoms with Gasteiger partial charge in [0, 0.05) is 6.20 Å². The lowest BCUT2D eigenvalue weighted by atomic mass is 10.4. The summed E-state index contributed by atoms with van der Waals surface area (Å²) in [5.74, 6) is -0.198. The first-order valence-corrected chi connectivity index (χ1v) is 3.91. The van der Waals surface area contributed by atoms with Gasteiger partial charge in [0.25, 0.3) is 0 Å². The van der Waals surface area contributed by atoms with Crippen LogP contribution in [0.3, 0.4) is 0 Å². The van der Waals surface area contributed by atoms with Gasteiger partial charge in [-0.1, -0.05) is 0 Å². The summed E-state index contributed by atoms with van der Waals surface area (Å²) < 4.78 is 1.15. The smallest absolute Gasteiger partial charge is 0.379 e. The molecule has 0 amide bonds. The molecule has 0 spiro atoms. The van der Waals surface area contributed by atoms with Crippen molar-refractivity contribution in [3.8, 4) is 0 Å². The molecule has 2 rings (SSSR count). The average Bonchev–Trinajstić information content (AvgIpc) is 2.75. The van der Waals surface area contributed by atoms with Crippen molar-refractivity contribution in [3.63, 3.8) is 0 Å². The molecule has 0 atom stereocenters. The molecular formula is C8H8N4O2. The highest BCUT2D eigenvalue weighted by Crippen LogP contribution is 1.98. The van der Waals surface area contributed by atoms with E-state index in [0.717, 1.165) is 4.73 Å². The molecule has 2 heterocycles. The third-order valence-corrected chi connectivity index (χ3v) is 1.59. The number of rotatable bonds is 2. The third-order valence-electron chi connectivity index (χ3n) is 1.59. The van der Waals surface area contributed by atoms with Crippen molar-refractivity contribution < 1.29 is 9.63 Å². The first kappa shape index (κ1) is 8.36. The fourth-order valence-corrected chi connectivity index (χ4v) is 0.973. The Labute approximate surface area is 79.3 Å². The standard InChI is InChI=1S/C8H8N4O2/c9-7-4-12(5-11-7)14-8(13)6-2-1-3-10-6/h1-5,10H,9H2. The van der Waals surface area contributed by atoms with Crippen LogP contribution in [0.5, 0.6) is 0 Å². The van der Waals surface area contributed by atoms with Crippen molar-refractivity contribution >= 4 is 11.8 Å². The predicted octanol–water partition coefficient (Wildman–Crippen LogP) is 0.0624. The number of hydrogen-bond donors (Lipinski definition) is 2. The van der Waals surface area contributed by atoms with Gasteiger partial charge in [0.2, 0.25) is 0 Å². The number of carbonyl (C=O) groups is 1. The maximum Gasteiger partial charge on any atom is 0.379 e. The Balaban J connectivity index is 2.09. The zero-order valence-electron chi connectivity index (χ0n) is 7.18. The molecule has 0 bridgehead atoms. The van der Waals surface area contributed by atoms with Gasteiger partial charge in [-0.05, 0) is 12.1 Å². The van der Waals surface area contributed by atoms with Crippen LogP contribution >= 0.6 is 0 Å². The highest BCUT2D eigenvalue weighted by atomic mass is 16.7. The van der Waals surface area contributed by atoms with E-state index in [2.05, 4.69) is 9.97 Å². The number of nitrogen functional groups attached to an aromatic ring is 1. The number of nitrogens with zero attached hydrogens (tertiary/aromatic N) is 2. The number of hydrogen-bond acceptors (Lipinski definition) is 4. The lowest BCUT2D eigenvalue weighted by Gasteiger charge is -2.00. The van der Waals surface area contributed by atoms with E-state index < -0.39 is 5.97 Å². The van der Waals surface area contributed by atoms with Crippen LogP contribution in [-0.2, 0) is 0 Å². The van der Waals surface area contributed by atoms with E-state index in [4.69, 9.17) is 10.6 Å². The zero-order valence-corrected chi connectivity index (χ0v) is 7.18. The highest BCUT2D eigenvalue weighted by molar-refractivity contribution is 5.87. The first-order chi connectivity index (χ1) is 6.75. The molecule has 0 saturated heterocycles. The summed E-state index contributed by atoms with van der Waals surface area (Å²) in [6, 6.07) is 3.32. The fourth-order valence-electron chi connectivity index (χ4n) is 0.973. The van der Waals surface area contributed by atoms with Gasteiger partial charge in [-0.2, -0.15) is 4.73 Å². The zero-order chi connectivity index (χ0) is 9.97. The number of aromatic nitrogens is 3. The van der Waals surface area contributed by atoms with Crippen molar-refractivity contribution in [3.05, 3.63) is 36.5 Å². The highest BCUT2D eigenvalue weighted by Gasteiger charge is 2.08. The third kappa shape index (κ3) is 1.58. The number of aromatic amines is 1. The largest absolute Gasteiger partial charge is 0.382 e. The molecule has 14 heavy (non-hydrogen) atoms. The van der Waals surface area contributed by atoms with E-state index in [1.807, 2.05) is 0 Å². The van der Waals surface area contributed by atoms with Gasteiger partial charge in [0.1, 0.15) is 17.8 Å². The Morgan fingerprint density at radius 3 is 3.07 bits per heavy atom. The van der Waals surface area contributed by atoms with Crippen LogP contribution < -0.4 is 10.6 Å². The Bertz CT molecular complexity index is 432. The van der Waals surface area contributed by atoms with Crippen LogP contribution in [0.25, 0.3) is 0 Å². The van der Waals surface area contributed by atoms with Gasteiger partial charge < -0.3 is 15.6 Å². The minimum absolute atomic E-state index is 0.296. The van der Waals surface area contributed by atoms with E-state index >= 15 is 0 Å². The average molecular weight is 192 g/mol. The van der Waals surface area contributed by atoms with Crippen LogP contribution in [-0.4, -0.2) is 20.7 Å². The van der Waals surface area contributed by atoms with Crippen molar-refractivity contribution in [1.82, 2.24) is 14.7 Å². The summed E-state index contributed by atoms with van der Waals surface area (Å²) in [5, 5.41) is 0. The van der Waals surface area contributed by atoms with E-state index in [1.165, 1.54) is 12.5 Å². The van der Waals surface area contributed by atoms with Gasteiger partial charge in [0.05, 0.1) is 6.20 Å². The number of nitrogens with one attached hydrogen (secondary N) is 1. The van der Waals surface area contributed by atoms with Gasteiger partial charge >= 0.3 is 5.97 Å². The lowest BCUT2D eigenvalue weighted by Crippen LogP contribution is -2.18. The molecule has 0 aliphatic rings. The molecule has 0 unspecified atom stereocenters. The minimum Gasteiger partial charge on any atom is -0.382 e. The van der Waals surface area contributed by atoms with Crippen molar-refractivity contribution in [2.24, 2.45) is 0 Å². The van der Waals surface area contributed by atoms with Crippen molar-refractivity contribution in [1.29, 1.82) is 0 Å². The molecule has 6 nitrogen and oxygen atoms in total. The molecule has 0 fully saturated rings. The van der Waals surface area contributed by atoms with E-state index in [-0.39, 0.29) is 0 Å². The van der Waals surface area contributed by atoms with Crippen LogP contribution in [0.2, 0.25) is 0 Å². The molecule has 0 aliphatic heterocycles. The molecule has 3 N–H and O–H groups in total. The summed E-state index contributed by atoms with van der Waals surface area (Å²) in [6.45, 7) is 0. The second-order valence-electron chi connectivity index (χ2n) is 2.62. The van der Waals surface area contributed by atoms with Gasteiger partial charge in [-0.15, -0.1) is 0 Å². The molecule has 72 valence electrons. The summed E-state index contributed by atoms with van der Waals surface area (Å²) in [5.41, 5.74) is 5.71. The van der Waals surface area contributed by atoms with Crippen LogP contribution in [0, 0.1) is 0 Å². The summed E-state index contributed by atoms with van der Waals surface area (Å²) in [6.07, 6.45) is 4.36. The SMILES string of the molecule is Nc1cn(OC(=O)c2ccc[nH]2)cn1. The maximum absolute atomic E-state index is 11.3. The topological polar surface area (TPSA) is 85.9 Å². The van der Waals surface area contributed by atoms with E-state index in [9.17, 15) is 4.79 Å². The predicted molar refractivity (Wildman–Crippen MR) is 48.3 cm³/mol. The fraction of sp³-hybridized carbons (Fsp3) is 0. The Morgan fingerprint density at radius 2 is 2.50 bits per heavy atom. The van der Waals surface area contributed by atoms with Crippen LogP contribution in [0.1, 0.15) is 10.5 Å². The molecule has 2 aromatic heterocycles. The van der Waals surface area contributed by atoms with Gasteiger partial charge in [-0.3, -0.25) is 0 Å². The molecular weight excluding hydrogens is 184 g/mol. The van der Waals surface area contributed by atoms with Gasteiger partial charge in [-0.25, -0.2) is 9.78 Å². The number of imidazole rings is 1. The molecule has 6 heteroatoms. The molecule has 2 aromatic rings. The Morgan fingerprint density at radius 1 is 1.64 bits per heavy atom. The number of carbonyl (C=O) groups excluding carboxylic acids is 1. The quantitative estimate of drug-likeness (QED) is 0.704. The number of nitrogens with two attached hydrogens (primary N) is 1. The van der Waals surface area contributed by atoms with Gasteiger partial charge in [0.15, 0.2) is 0 Å². The summed E-state index contributed by atoms with van der Waals surface area (Å²) >= 11 is 0. The molecule has 0 aromatic carbocycles. The van der Waals surface area contributed by atoms with Crippen molar-refractivity contribution in [2.75, 3.05) is 5.73 Å². The van der Waals surface area contributed by atoms with Crippen LogP contribution in [0.15, 0.2) is 30.9 Å².